The average Bonchev–Trinajstić information content (AvgIpc) is 2.73. The number of hydrogen-bond donors (Lipinski definition) is 1. The van der Waals surface area contributed by atoms with E-state index in [1.54, 1.807) is 11.0 Å². The highest BCUT2D eigenvalue weighted by Gasteiger charge is 2.24. The molecule has 2 aromatic carbocycles. The molecule has 1 aliphatic rings. The van der Waals surface area contributed by atoms with Crippen molar-refractivity contribution < 1.29 is 23.5 Å². The minimum Gasteiger partial charge on any atom is -0.491 e. The number of Topliss-reactive ketones (excluding diaryl/α,β-unsaturated/α-hetero) is 1. The minimum absolute atomic E-state index is 0.0321. The molecule has 0 spiro atoms. The number of nitrogens with one attached hydrogen (secondary N) is 1. The quantitative estimate of drug-likeness (QED) is 0.726. The van der Waals surface area contributed by atoms with Crippen molar-refractivity contribution >= 4 is 11.8 Å². The van der Waals surface area contributed by atoms with Crippen molar-refractivity contribution in [2.24, 2.45) is 0 Å². The summed E-state index contributed by atoms with van der Waals surface area (Å²) in [5.41, 5.74) is 1.20. The van der Waals surface area contributed by atoms with Crippen LogP contribution in [0.1, 0.15) is 22.8 Å². The molecule has 1 saturated heterocycles. The number of rotatable bonds is 7. The second kappa shape index (κ2) is 10.0. The van der Waals surface area contributed by atoms with E-state index in [0.717, 1.165) is 6.42 Å². The second-order valence-electron chi connectivity index (χ2n) is 6.92. The molecule has 29 heavy (non-hydrogen) atoms. The monoisotopic (exact) mass is 400 g/mol. The molecule has 2 amide bonds. The van der Waals surface area contributed by atoms with Crippen LogP contribution in [0.4, 0.5) is 9.18 Å². The molecule has 1 N–H and O–H groups in total. The molecular weight excluding hydrogens is 375 g/mol. The lowest BCUT2D eigenvalue weighted by Crippen LogP contribution is -2.51. The van der Waals surface area contributed by atoms with E-state index in [9.17, 15) is 14.0 Å². The van der Waals surface area contributed by atoms with E-state index in [0.29, 0.717) is 32.0 Å². The largest absolute Gasteiger partial charge is 0.491 e. The summed E-state index contributed by atoms with van der Waals surface area (Å²) in [6.45, 7) is 3.38. The standard InChI is InChI=1S/C22H25FN2O4/c1-16(26)20-8-7-18(13-21(20)23)29-15-19-14-25(11-12-28-19)22(27)24-10-9-17-5-3-2-4-6-17/h2-8,13,19H,9-12,14-15H2,1H3,(H,24,27). The van der Waals surface area contributed by atoms with E-state index >= 15 is 0 Å². The topological polar surface area (TPSA) is 67.9 Å². The number of urea groups is 1. The molecule has 2 aromatic rings. The number of ketones is 1. The number of nitrogens with zero attached hydrogens (tertiary/aromatic N) is 1. The van der Waals surface area contributed by atoms with Crippen LogP contribution in [-0.4, -0.2) is 55.7 Å². The molecule has 1 heterocycles. The number of amides is 2. The van der Waals surface area contributed by atoms with Gasteiger partial charge in [-0.05, 0) is 31.0 Å². The summed E-state index contributed by atoms with van der Waals surface area (Å²) in [6.07, 6.45) is 0.463. The molecule has 3 rings (SSSR count). The van der Waals surface area contributed by atoms with Gasteiger partial charge in [-0.2, -0.15) is 0 Å². The fourth-order valence-electron chi connectivity index (χ4n) is 3.14. The third kappa shape index (κ3) is 6.02. The minimum atomic E-state index is -0.612. The van der Waals surface area contributed by atoms with Gasteiger partial charge in [0.05, 0.1) is 18.7 Å². The number of benzene rings is 2. The van der Waals surface area contributed by atoms with Gasteiger partial charge in [-0.15, -0.1) is 0 Å². The Hall–Kier alpha value is -2.93. The molecule has 0 saturated carbocycles. The van der Waals surface area contributed by atoms with Crippen LogP contribution in [0.25, 0.3) is 0 Å². The van der Waals surface area contributed by atoms with Crippen molar-refractivity contribution in [2.45, 2.75) is 19.4 Å². The third-order valence-electron chi connectivity index (χ3n) is 4.71. The number of morpholine rings is 1. The first-order valence-corrected chi connectivity index (χ1v) is 9.64. The normalized spacial score (nSPS) is 16.3. The Morgan fingerprint density at radius 3 is 2.76 bits per heavy atom. The molecule has 1 aliphatic heterocycles. The summed E-state index contributed by atoms with van der Waals surface area (Å²) < 4.78 is 25.1. The molecule has 1 unspecified atom stereocenters. The summed E-state index contributed by atoms with van der Waals surface area (Å²) in [7, 11) is 0. The maximum Gasteiger partial charge on any atom is 0.317 e. The fraction of sp³-hybridized carbons (Fsp3) is 0.364. The molecule has 1 atom stereocenters. The highest BCUT2D eigenvalue weighted by Crippen LogP contribution is 2.18. The first-order chi connectivity index (χ1) is 14.0. The summed E-state index contributed by atoms with van der Waals surface area (Å²) in [4.78, 5) is 25.4. The molecule has 0 radical (unpaired) electrons. The third-order valence-corrected chi connectivity index (χ3v) is 4.71. The first kappa shape index (κ1) is 20.8. The van der Waals surface area contributed by atoms with Crippen LogP contribution in [0.5, 0.6) is 5.75 Å². The van der Waals surface area contributed by atoms with E-state index in [1.807, 2.05) is 30.3 Å². The molecule has 0 bridgehead atoms. The highest BCUT2D eigenvalue weighted by molar-refractivity contribution is 5.94. The van der Waals surface area contributed by atoms with Crippen molar-refractivity contribution in [3.63, 3.8) is 0 Å². The van der Waals surface area contributed by atoms with Gasteiger partial charge in [-0.3, -0.25) is 4.79 Å². The van der Waals surface area contributed by atoms with Gasteiger partial charge in [0.15, 0.2) is 5.78 Å². The lowest BCUT2D eigenvalue weighted by Gasteiger charge is -2.32. The fourth-order valence-corrected chi connectivity index (χ4v) is 3.14. The van der Waals surface area contributed by atoms with Gasteiger partial charge < -0.3 is 19.7 Å². The van der Waals surface area contributed by atoms with Crippen molar-refractivity contribution in [3.05, 3.63) is 65.5 Å². The van der Waals surface area contributed by atoms with Crippen LogP contribution < -0.4 is 10.1 Å². The van der Waals surface area contributed by atoms with Gasteiger partial charge in [-0.25, -0.2) is 9.18 Å². The molecule has 154 valence electrons. The number of halogens is 1. The van der Waals surface area contributed by atoms with Crippen LogP contribution in [0.3, 0.4) is 0 Å². The molecule has 6 nitrogen and oxygen atoms in total. The average molecular weight is 400 g/mol. The predicted molar refractivity (Wildman–Crippen MR) is 107 cm³/mol. The van der Waals surface area contributed by atoms with E-state index in [2.05, 4.69) is 5.32 Å². The van der Waals surface area contributed by atoms with Crippen molar-refractivity contribution in [1.82, 2.24) is 10.2 Å². The highest BCUT2D eigenvalue weighted by atomic mass is 19.1. The molecule has 1 fully saturated rings. The SMILES string of the molecule is CC(=O)c1ccc(OCC2CN(C(=O)NCCc3ccccc3)CCO2)cc1F. The van der Waals surface area contributed by atoms with E-state index in [4.69, 9.17) is 9.47 Å². The Bertz CT molecular complexity index is 844. The number of carbonyl (C=O) groups excluding carboxylic acids is 2. The molecule has 0 aliphatic carbocycles. The second-order valence-corrected chi connectivity index (χ2v) is 6.92. The zero-order valence-electron chi connectivity index (χ0n) is 16.4. The predicted octanol–water partition coefficient (Wildman–Crippen LogP) is 3.06. The van der Waals surface area contributed by atoms with Gasteiger partial charge in [0.1, 0.15) is 24.3 Å². The van der Waals surface area contributed by atoms with E-state index < -0.39 is 5.82 Å². The van der Waals surface area contributed by atoms with Crippen molar-refractivity contribution in [2.75, 3.05) is 32.8 Å². The summed E-state index contributed by atoms with van der Waals surface area (Å²) in [5, 5.41) is 2.93. The van der Waals surface area contributed by atoms with Crippen LogP contribution in [0.2, 0.25) is 0 Å². The van der Waals surface area contributed by atoms with Crippen LogP contribution in [0, 0.1) is 5.82 Å². The summed E-state index contributed by atoms with van der Waals surface area (Å²) >= 11 is 0. The van der Waals surface area contributed by atoms with Gasteiger partial charge in [0.2, 0.25) is 0 Å². The lowest BCUT2D eigenvalue weighted by atomic mass is 10.1. The van der Waals surface area contributed by atoms with E-state index in [-0.39, 0.29) is 30.1 Å². The van der Waals surface area contributed by atoms with Gasteiger partial charge in [0, 0.05) is 19.2 Å². The maximum absolute atomic E-state index is 13.9. The molecular formula is C22H25FN2O4. The van der Waals surface area contributed by atoms with Gasteiger partial charge >= 0.3 is 6.03 Å². The molecule has 7 heteroatoms. The summed E-state index contributed by atoms with van der Waals surface area (Å²) in [5.74, 6) is -0.627. The number of hydrogen-bond acceptors (Lipinski definition) is 4. The van der Waals surface area contributed by atoms with Crippen LogP contribution in [0.15, 0.2) is 48.5 Å². The lowest BCUT2D eigenvalue weighted by molar-refractivity contribution is -0.0352. The maximum atomic E-state index is 13.9. The van der Waals surface area contributed by atoms with Crippen molar-refractivity contribution in [1.29, 1.82) is 0 Å². The first-order valence-electron chi connectivity index (χ1n) is 9.64. The Morgan fingerprint density at radius 1 is 1.24 bits per heavy atom. The Balaban J connectivity index is 1.44. The summed E-state index contributed by atoms with van der Waals surface area (Å²) in [6, 6.07) is 14.0. The zero-order valence-corrected chi connectivity index (χ0v) is 16.4. The van der Waals surface area contributed by atoms with E-state index in [1.165, 1.54) is 24.6 Å². The zero-order chi connectivity index (χ0) is 20.6. The van der Waals surface area contributed by atoms with Crippen LogP contribution in [-0.2, 0) is 11.2 Å². The molecule has 0 aromatic heterocycles. The van der Waals surface area contributed by atoms with Gasteiger partial charge in [0.25, 0.3) is 0 Å². The Labute approximate surface area is 169 Å². The Kier molecular flexibility index (Phi) is 7.19. The smallest absolute Gasteiger partial charge is 0.317 e. The Morgan fingerprint density at radius 2 is 2.03 bits per heavy atom. The number of carbonyl (C=O) groups is 2. The van der Waals surface area contributed by atoms with Crippen LogP contribution >= 0.6 is 0 Å². The number of ether oxygens (including phenoxy) is 2. The van der Waals surface area contributed by atoms with Crippen molar-refractivity contribution in [3.8, 4) is 5.75 Å². The van der Waals surface area contributed by atoms with Gasteiger partial charge in [-0.1, -0.05) is 30.3 Å².